The first-order valence-electron chi connectivity index (χ1n) is 7.06. The first kappa shape index (κ1) is 14.7. The van der Waals surface area contributed by atoms with E-state index in [0.29, 0.717) is 12.5 Å². The van der Waals surface area contributed by atoms with Gasteiger partial charge in [0.1, 0.15) is 11.1 Å². The molecule has 1 saturated heterocycles. The average molecular weight is 284 g/mol. The van der Waals surface area contributed by atoms with Gasteiger partial charge in [-0.3, -0.25) is 9.59 Å². The summed E-state index contributed by atoms with van der Waals surface area (Å²) in [5.74, 6) is 2.34. The number of amides is 2. The van der Waals surface area contributed by atoms with Crippen LogP contribution in [0.15, 0.2) is 0 Å². The second kappa shape index (κ2) is 5.00. The molecule has 2 amide bonds. The summed E-state index contributed by atoms with van der Waals surface area (Å²) in [4.78, 5) is 27.0. The summed E-state index contributed by atoms with van der Waals surface area (Å²) in [6, 6.07) is 0. The summed E-state index contributed by atoms with van der Waals surface area (Å²) >= 11 is 1.81. The van der Waals surface area contributed by atoms with Crippen LogP contribution in [0.3, 0.4) is 0 Å². The lowest BCUT2D eigenvalue weighted by Gasteiger charge is -2.49. The topological polar surface area (TPSA) is 49.4 Å². The smallest absolute Gasteiger partial charge is 0.248 e. The predicted octanol–water partition coefficient (Wildman–Crippen LogP) is 1.65. The van der Waals surface area contributed by atoms with Gasteiger partial charge in [-0.1, -0.05) is 6.92 Å². The van der Waals surface area contributed by atoms with Crippen LogP contribution in [0, 0.1) is 5.92 Å². The quantitative estimate of drug-likeness (QED) is 0.781. The third-order valence-electron chi connectivity index (χ3n) is 4.26. The minimum Gasteiger partial charge on any atom is -0.340 e. The summed E-state index contributed by atoms with van der Waals surface area (Å²) in [5, 5.41) is 2.90. The van der Waals surface area contributed by atoms with Gasteiger partial charge in [0.25, 0.3) is 0 Å². The van der Waals surface area contributed by atoms with E-state index in [0.717, 1.165) is 24.3 Å². The monoisotopic (exact) mass is 284 g/mol. The number of nitrogens with one attached hydrogen (secondary N) is 1. The van der Waals surface area contributed by atoms with Crippen LogP contribution in [0.2, 0.25) is 0 Å². The fourth-order valence-electron chi connectivity index (χ4n) is 2.82. The molecule has 0 spiro atoms. The second-order valence-corrected chi connectivity index (χ2v) is 7.55. The summed E-state index contributed by atoms with van der Waals surface area (Å²) in [6.45, 7) is 8.30. The molecular formula is C14H24N2O2S. The summed E-state index contributed by atoms with van der Waals surface area (Å²) in [7, 11) is 0. The van der Waals surface area contributed by atoms with E-state index in [1.54, 1.807) is 13.8 Å². The molecule has 0 aromatic rings. The Hall–Kier alpha value is -0.710. The Balaban J connectivity index is 2.23. The third-order valence-corrected chi connectivity index (χ3v) is 5.14. The maximum Gasteiger partial charge on any atom is 0.248 e. The van der Waals surface area contributed by atoms with E-state index in [1.807, 2.05) is 23.6 Å². The normalized spacial score (nSPS) is 30.4. The van der Waals surface area contributed by atoms with Gasteiger partial charge in [-0.2, -0.15) is 11.8 Å². The molecule has 1 aliphatic carbocycles. The van der Waals surface area contributed by atoms with E-state index in [4.69, 9.17) is 0 Å². The average Bonchev–Trinajstić information content (AvgIpc) is 3.15. The highest BCUT2D eigenvalue weighted by Crippen LogP contribution is 2.45. The molecule has 2 rings (SSSR count). The molecule has 0 radical (unpaired) electrons. The molecule has 2 aliphatic rings. The second-order valence-electron chi connectivity index (χ2n) is 6.15. The lowest BCUT2D eigenvalue weighted by Crippen LogP contribution is -2.74. The molecule has 1 N–H and O–H groups in total. The van der Waals surface area contributed by atoms with Crippen LogP contribution in [0.25, 0.3) is 0 Å². The van der Waals surface area contributed by atoms with E-state index >= 15 is 0 Å². The van der Waals surface area contributed by atoms with Crippen LogP contribution in [0.5, 0.6) is 0 Å². The van der Waals surface area contributed by atoms with Gasteiger partial charge < -0.3 is 10.2 Å². The van der Waals surface area contributed by atoms with Crippen molar-refractivity contribution in [3.63, 3.8) is 0 Å². The van der Waals surface area contributed by atoms with Crippen LogP contribution in [0.1, 0.15) is 40.5 Å². The number of carbonyl (C=O) groups is 2. The number of piperazine rings is 1. The van der Waals surface area contributed by atoms with Gasteiger partial charge in [-0.25, -0.2) is 0 Å². The van der Waals surface area contributed by atoms with E-state index in [1.165, 1.54) is 0 Å². The van der Waals surface area contributed by atoms with Crippen molar-refractivity contribution in [1.82, 2.24) is 10.2 Å². The van der Waals surface area contributed by atoms with Crippen LogP contribution < -0.4 is 5.32 Å². The summed E-state index contributed by atoms with van der Waals surface area (Å²) in [5.41, 5.74) is -1.41. The van der Waals surface area contributed by atoms with E-state index in [-0.39, 0.29) is 11.8 Å². The maximum atomic E-state index is 12.6. The van der Waals surface area contributed by atoms with Crippen LogP contribution in [-0.2, 0) is 9.59 Å². The molecule has 1 unspecified atom stereocenters. The van der Waals surface area contributed by atoms with E-state index in [2.05, 4.69) is 12.2 Å². The van der Waals surface area contributed by atoms with Crippen molar-refractivity contribution in [3.05, 3.63) is 0 Å². The highest BCUT2D eigenvalue weighted by Gasteiger charge is 2.58. The Morgan fingerprint density at radius 1 is 1.32 bits per heavy atom. The molecule has 0 bridgehead atoms. The Morgan fingerprint density at radius 2 is 1.95 bits per heavy atom. The van der Waals surface area contributed by atoms with Crippen LogP contribution in [-0.4, -0.2) is 45.8 Å². The van der Waals surface area contributed by atoms with E-state index in [9.17, 15) is 9.59 Å². The van der Waals surface area contributed by atoms with Crippen molar-refractivity contribution in [2.24, 2.45) is 5.92 Å². The van der Waals surface area contributed by atoms with E-state index < -0.39 is 11.1 Å². The molecule has 1 atom stereocenters. The largest absolute Gasteiger partial charge is 0.340 e. The zero-order chi connectivity index (χ0) is 14.3. The molecule has 0 aromatic heterocycles. The standard InChI is InChI=1S/C14H24N2O2S/c1-5-19-9-8-16-12(18)13(2,3)15-11(17)14(16,4)10-6-7-10/h10H,5-9H2,1-4H3,(H,15,17). The minimum atomic E-state index is -0.775. The first-order valence-corrected chi connectivity index (χ1v) is 8.22. The lowest BCUT2D eigenvalue weighted by molar-refractivity contribution is -0.161. The summed E-state index contributed by atoms with van der Waals surface area (Å²) < 4.78 is 0. The predicted molar refractivity (Wildman–Crippen MR) is 78.1 cm³/mol. The van der Waals surface area contributed by atoms with Crippen molar-refractivity contribution in [2.45, 2.75) is 51.6 Å². The molecular weight excluding hydrogens is 260 g/mol. The molecule has 19 heavy (non-hydrogen) atoms. The van der Waals surface area contributed by atoms with Gasteiger partial charge in [-0.05, 0) is 45.3 Å². The number of carbonyl (C=O) groups excluding carboxylic acids is 2. The highest BCUT2D eigenvalue weighted by molar-refractivity contribution is 7.99. The van der Waals surface area contributed by atoms with Crippen molar-refractivity contribution < 1.29 is 9.59 Å². The van der Waals surface area contributed by atoms with Crippen LogP contribution in [0.4, 0.5) is 0 Å². The zero-order valence-electron chi connectivity index (χ0n) is 12.3. The van der Waals surface area contributed by atoms with Crippen molar-refractivity contribution >= 4 is 23.6 Å². The molecule has 2 fully saturated rings. The van der Waals surface area contributed by atoms with Crippen molar-refractivity contribution in [3.8, 4) is 0 Å². The molecule has 1 aliphatic heterocycles. The Labute approximate surface area is 119 Å². The van der Waals surface area contributed by atoms with Crippen molar-refractivity contribution in [2.75, 3.05) is 18.1 Å². The SMILES string of the molecule is CCSCCN1C(=O)C(C)(C)NC(=O)C1(C)C1CC1. The fourth-order valence-corrected chi connectivity index (χ4v) is 3.42. The first-order chi connectivity index (χ1) is 8.84. The summed E-state index contributed by atoms with van der Waals surface area (Å²) in [6.07, 6.45) is 2.10. The van der Waals surface area contributed by atoms with Gasteiger partial charge >= 0.3 is 0 Å². The Kier molecular flexibility index (Phi) is 3.87. The van der Waals surface area contributed by atoms with Gasteiger partial charge in [0.15, 0.2) is 0 Å². The number of hydrogen-bond donors (Lipinski definition) is 1. The molecule has 1 saturated carbocycles. The highest BCUT2D eigenvalue weighted by atomic mass is 32.2. The zero-order valence-corrected chi connectivity index (χ0v) is 13.1. The number of hydrogen-bond acceptors (Lipinski definition) is 3. The molecule has 108 valence electrons. The third kappa shape index (κ3) is 2.49. The number of nitrogens with zero attached hydrogens (tertiary/aromatic N) is 1. The molecule has 1 heterocycles. The minimum absolute atomic E-state index is 0.0149. The Morgan fingerprint density at radius 3 is 2.47 bits per heavy atom. The molecule has 4 nitrogen and oxygen atoms in total. The molecule has 5 heteroatoms. The fraction of sp³-hybridized carbons (Fsp3) is 0.857. The maximum absolute atomic E-state index is 12.6. The van der Waals surface area contributed by atoms with Gasteiger partial charge in [0, 0.05) is 12.3 Å². The van der Waals surface area contributed by atoms with Gasteiger partial charge in [0.2, 0.25) is 11.8 Å². The number of rotatable bonds is 5. The van der Waals surface area contributed by atoms with Crippen LogP contribution >= 0.6 is 11.8 Å². The lowest BCUT2D eigenvalue weighted by atomic mass is 9.84. The Bertz CT molecular complexity index is 393. The number of thioether (sulfide) groups is 1. The van der Waals surface area contributed by atoms with Crippen molar-refractivity contribution in [1.29, 1.82) is 0 Å². The van der Waals surface area contributed by atoms with Gasteiger partial charge in [-0.15, -0.1) is 0 Å². The van der Waals surface area contributed by atoms with Gasteiger partial charge in [0.05, 0.1) is 0 Å². The molecule has 0 aromatic carbocycles.